The van der Waals surface area contributed by atoms with E-state index in [1.165, 1.54) is 12.1 Å². The number of rotatable bonds is 6. The second-order valence-corrected chi connectivity index (χ2v) is 8.30. The van der Waals surface area contributed by atoms with Crippen molar-refractivity contribution >= 4 is 34.6 Å². The zero-order valence-electron chi connectivity index (χ0n) is 20.1. The summed E-state index contributed by atoms with van der Waals surface area (Å²) in [6, 6.07) is 14.6. The summed E-state index contributed by atoms with van der Waals surface area (Å²) in [7, 11) is 0. The maximum atomic E-state index is 13.0. The van der Waals surface area contributed by atoms with Crippen LogP contribution in [0, 0.1) is 0 Å². The van der Waals surface area contributed by atoms with Crippen molar-refractivity contribution in [2.45, 2.75) is 13.1 Å². The predicted octanol–water partition coefficient (Wildman–Crippen LogP) is 6.61. The number of anilines is 4. The van der Waals surface area contributed by atoms with Crippen LogP contribution in [-0.4, -0.2) is 31.9 Å². The molecule has 0 unspecified atom stereocenters. The van der Waals surface area contributed by atoms with E-state index in [1.54, 1.807) is 36.8 Å². The summed E-state index contributed by atoms with van der Waals surface area (Å²) in [5.41, 5.74) is 2.59. The first kappa shape index (κ1) is 24.8. The number of imidazole rings is 1. The number of halogens is 3. The van der Waals surface area contributed by atoms with Gasteiger partial charge in [-0.25, -0.2) is 14.8 Å². The maximum absolute atomic E-state index is 13.0. The van der Waals surface area contributed by atoms with Gasteiger partial charge in [0.1, 0.15) is 0 Å². The molecule has 5 rings (SSSR count). The Morgan fingerprint density at radius 3 is 2.39 bits per heavy atom. The summed E-state index contributed by atoms with van der Waals surface area (Å²) in [5, 5.41) is 5.11. The van der Waals surface area contributed by atoms with Crippen molar-refractivity contribution in [2.75, 3.05) is 22.1 Å². The molecular weight excluding hydrogens is 495 g/mol. The van der Waals surface area contributed by atoms with Crippen molar-refractivity contribution in [3.05, 3.63) is 97.2 Å². The third-order valence-corrected chi connectivity index (χ3v) is 5.77. The smallest absolute Gasteiger partial charge is 0.323 e. The lowest BCUT2D eigenvalue weighted by Gasteiger charge is -2.23. The molecule has 0 atom stereocenters. The van der Waals surface area contributed by atoms with Gasteiger partial charge in [0.05, 0.1) is 11.3 Å². The molecule has 0 aliphatic heterocycles. The number of fused-ring (bicyclic) bond motifs is 1. The van der Waals surface area contributed by atoms with Gasteiger partial charge in [-0.15, -0.1) is 0 Å². The van der Waals surface area contributed by atoms with Gasteiger partial charge in [0.15, 0.2) is 11.5 Å². The van der Waals surface area contributed by atoms with E-state index in [0.29, 0.717) is 29.4 Å². The van der Waals surface area contributed by atoms with E-state index < -0.39 is 17.8 Å². The SMILES string of the molecule is CCN(c1ccncc1)c1nc(-c2cccc(NC(=O)Nc3cccc(C(F)(F)F)c3)c2)cn2ccnc12. The lowest BCUT2D eigenvalue weighted by molar-refractivity contribution is -0.137. The first-order valence-corrected chi connectivity index (χ1v) is 11.7. The normalized spacial score (nSPS) is 11.4. The highest BCUT2D eigenvalue weighted by atomic mass is 19.4. The van der Waals surface area contributed by atoms with E-state index >= 15 is 0 Å². The van der Waals surface area contributed by atoms with Crippen molar-refractivity contribution in [1.29, 1.82) is 0 Å². The fourth-order valence-electron chi connectivity index (χ4n) is 4.04. The third kappa shape index (κ3) is 5.26. The molecule has 0 fully saturated rings. The van der Waals surface area contributed by atoms with Crippen molar-refractivity contribution in [1.82, 2.24) is 19.4 Å². The quantitative estimate of drug-likeness (QED) is 0.265. The molecule has 0 radical (unpaired) electrons. The maximum Gasteiger partial charge on any atom is 0.416 e. The van der Waals surface area contributed by atoms with Crippen LogP contribution in [0.5, 0.6) is 0 Å². The summed E-state index contributed by atoms with van der Waals surface area (Å²) in [6.45, 7) is 2.65. The van der Waals surface area contributed by atoms with Crippen LogP contribution in [0.4, 0.5) is 40.8 Å². The van der Waals surface area contributed by atoms with E-state index in [-0.39, 0.29) is 5.69 Å². The molecule has 2 aromatic carbocycles. The summed E-state index contributed by atoms with van der Waals surface area (Å²) < 4.78 is 40.8. The van der Waals surface area contributed by atoms with Gasteiger partial charge in [-0.05, 0) is 49.4 Å². The number of alkyl halides is 3. The van der Waals surface area contributed by atoms with Crippen molar-refractivity contribution in [3.63, 3.8) is 0 Å². The number of aromatic nitrogens is 4. The van der Waals surface area contributed by atoms with Gasteiger partial charge in [-0.3, -0.25) is 4.98 Å². The zero-order valence-corrected chi connectivity index (χ0v) is 20.1. The molecule has 3 aromatic heterocycles. The minimum atomic E-state index is -4.50. The van der Waals surface area contributed by atoms with Gasteiger partial charge in [-0.2, -0.15) is 13.2 Å². The lowest BCUT2D eigenvalue weighted by Crippen LogP contribution is -2.20. The summed E-state index contributed by atoms with van der Waals surface area (Å²) in [6.07, 6.45) is 4.29. The second kappa shape index (κ2) is 10.2. The van der Waals surface area contributed by atoms with E-state index in [0.717, 1.165) is 23.4 Å². The number of carbonyl (C=O) groups excluding carboxylic acids is 1. The molecule has 8 nitrogen and oxygen atoms in total. The molecule has 0 spiro atoms. The number of nitrogens with one attached hydrogen (secondary N) is 2. The topological polar surface area (TPSA) is 87.5 Å². The molecule has 38 heavy (non-hydrogen) atoms. The molecule has 0 aliphatic rings. The zero-order chi connectivity index (χ0) is 26.7. The molecule has 0 bridgehead atoms. The number of urea groups is 1. The van der Waals surface area contributed by atoms with Gasteiger partial charge in [0, 0.05) is 60.2 Å². The molecule has 3 heterocycles. The predicted molar refractivity (Wildman–Crippen MR) is 139 cm³/mol. The number of nitrogens with zero attached hydrogens (tertiary/aromatic N) is 5. The fourth-order valence-corrected chi connectivity index (χ4v) is 4.04. The molecule has 5 aromatic rings. The van der Waals surface area contributed by atoms with Crippen LogP contribution in [0.2, 0.25) is 0 Å². The average molecular weight is 518 g/mol. The highest BCUT2D eigenvalue weighted by molar-refractivity contribution is 6.00. The van der Waals surface area contributed by atoms with E-state index in [4.69, 9.17) is 4.98 Å². The van der Waals surface area contributed by atoms with Crippen LogP contribution in [0.1, 0.15) is 12.5 Å². The number of benzene rings is 2. The van der Waals surface area contributed by atoms with Gasteiger partial charge in [0.25, 0.3) is 0 Å². The number of hydrogen-bond donors (Lipinski definition) is 2. The Labute approximate surface area is 215 Å². The van der Waals surface area contributed by atoms with Gasteiger partial charge in [0.2, 0.25) is 0 Å². The Morgan fingerprint density at radius 2 is 1.68 bits per heavy atom. The van der Waals surface area contributed by atoms with Crippen LogP contribution in [-0.2, 0) is 6.18 Å². The minimum absolute atomic E-state index is 0.0288. The largest absolute Gasteiger partial charge is 0.416 e. The highest BCUT2D eigenvalue weighted by Crippen LogP contribution is 2.32. The minimum Gasteiger partial charge on any atom is -0.323 e. The molecule has 2 amide bonds. The summed E-state index contributed by atoms with van der Waals surface area (Å²) >= 11 is 0. The van der Waals surface area contributed by atoms with Gasteiger partial charge >= 0.3 is 12.2 Å². The molecule has 0 saturated carbocycles. The Morgan fingerprint density at radius 1 is 0.974 bits per heavy atom. The standard InChI is InChI=1S/C27H22F3N7O/c1-2-37(22-9-11-31-12-10-22)25-24-32-13-14-36(24)17-23(35-25)18-5-3-7-20(15-18)33-26(38)34-21-8-4-6-19(16-21)27(28,29)30/h3-17H,2H2,1H3,(H2,33,34,38). The first-order chi connectivity index (χ1) is 18.3. The van der Waals surface area contributed by atoms with E-state index in [9.17, 15) is 18.0 Å². The van der Waals surface area contributed by atoms with E-state index in [1.807, 2.05) is 46.8 Å². The number of hydrogen-bond acceptors (Lipinski definition) is 5. The molecule has 192 valence electrons. The number of carbonyl (C=O) groups is 1. The van der Waals surface area contributed by atoms with E-state index in [2.05, 4.69) is 20.6 Å². The van der Waals surface area contributed by atoms with Crippen LogP contribution in [0.25, 0.3) is 16.9 Å². The summed E-state index contributed by atoms with van der Waals surface area (Å²) in [5.74, 6) is 0.654. The Bertz CT molecular complexity index is 1580. The highest BCUT2D eigenvalue weighted by Gasteiger charge is 2.30. The monoisotopic (exact) mass is 517 g/mol. The molecule has 11 heteroatoms. The number of amides is 2. The first-order valence-electron chi connectivity index (χ1n) is 11.7. The van der Waals surface area contributed by atoms with Gasteiger partial charge in [-0.1, -0.05) is 18.2 Å². The molecule has 0 aliphatic carbocycles. The summed E-state index contributed by atoms with van der Waals surface area (Å²) in [4.78, 5) is 28.0. The van der Waals surface area contributed by atoms with Crippen LogP contribution >= 0.6 is 0 Å². The second-order valence-electron chi connectivity index (χ2n) is 8.30. The van der Waals surface area contributed by atoms with Crippen molar-refractivity contribution < 1.29 is 18.0 Å². The Balaban J connectivity index is 1.42. The molecule has 0 saturated heterocycles. The van der Waals surface area contributed by atoms with Crippen molar-refractivity contribution in [3.8, 4) is 11.3 Å². The lowest BCUT2D eigenvalue weighted by atomic mass is 10.1. The van der Waals surface area contributed by atoms with Crippen molar-refractivity contribution in [2.24, 2.45) is 0 Å². The molecular formula is C27H22F3N7O. The average Bonchev–Trinajstić information content (AvgIpc) is 3.38. The fraction of sp³-hybridized carbons (Fsp3) is 0.111. The van der Waals surface area contributed by atoms with Crippen LogP contribution in [0.15, 0.2) is 91.6 Å². The van der Waals surface area contributed by atoms with Crippen LogP contribution in [0.3, 0.4) is 0 Å². The Hall–Kier alpha value is -4.93. The van der Waals surface area contributed by atoms with Gasteiger partial charge < -0.3 is 19.9 Å². The Kier molecular flexibility index (Phi) is 6.65. The number of pyridine rings is 1. The third-order valence-electron chi connectivity index (χ3n) is 5.77. The van der Waals surface area contributed by atoms with Crippen LogP contribution < -0.4 is 15.5 Å². The molecule has 2 N–H and O–H groups in total.